The zero-order valence-corrected chi connectivity index (χ0v) is 19.9. The first-order chi connectivity index (χ1) is 16.5. The molecule has 4 heteroatoms. The first-order valence-electron chi connectivity index (χ1n) is 11.5. The van der Waals surface area contributed by atoms with Gasteiger partial charge >= 0.3 is 0 Å². The summed E-state index contributed by atoms with van der Waals surface area (Å²) in [6.07, 6.45) is 3.49. The number of anilines is 1. The molecule has 5 rings (SSSR count). The Morgan fingerprint density at radius 1 is 0.794 bits per heavy atom. The van der Waals surface area contributed by atoms with E-state index in [1.54, 1.807) is 16.4 Å². The van der Waals surface area contributed by atoms with E-state index in [9.17, 15) is 8.42 Å². The molecule has 0 saturated heterocycles. The zero-order valence-electron chi connectivity index (χ0n) is 19.1. The molecule has 1 aliphatic heterocycles. The van der Waals surface area contributed by atoms with E-state index in [0.717, 1.165) is 33.5 Å². The van der Waals surface area contributed by atoms with Crippen LogP contribution in [-0.4, -0.2) is 14.5 Å². The molecule has 4 aromatic carbocycles. The van der Waals surface area contributed by atoms with Crippen molar-refractivity contribution >= 4 is 21.3 Å². The van der Waals surface area contributed by atoms with Crippen LogP contribution in [-0.2, 0) is 16.4 Å². The summed E-state index contributed by atoms with van der Waals surface area (Å²) in [5, 5.41) is 0. The van der Waals surface area contributed by atoms with E-state index in [4.69, 9.17) is 0 Å². The van der Waals surface area contributed by atoms with Crippen LogP contribution in [0.3, 0.4) is 0 Å². The fourth-order valence-corrected chi connectivity index (χ4v) is 6.35. The number of sulfonamides is 1. The van der Waals surface area contributed by atoms with Crippen LogP contribution in [0.1, 0.15) is 28.7 Å². The molecule has 0 amide bonds. The minimum atomic E-state index is -3.69. The lowest BCUT2D eigenvalue weighted by Gasteiger charge is -2.27. The van der Waals surface area contributed by atoms with E-state index in [2.05, 4.69) is 30.3 Å². The number of aryl methyl sites for hydroxylation is 1. The topological polar surface area (TPSA) is 37.4 Å². The molecule has 0 radical (unpaired) electrons. The summed E-state index contributed by atoms with van der Waals surface area (Å²) < 4.78 is 29.3. The van der Waals surface area contributed by atoms with Crippen LogP contribution in [0.5, 0.6) is 0 Å². The largest absolute Gasteiger partial charge is 0.264 e. The maximum atomic E-state index is 13.8. The maximum Gasteiger partial charge on any atom is 0.264 e. The Morgan fingerprint density at radius 2 is 1.35 bits per heavy atom. The van der Waals surface area contributed by atoms with E-state index in [-0.39, 0.29) is 6.04 Å². The van der Waals surface area contributed by atoms with Gasteiger partial charge in [-0.25, -0.2) is 8.42 Å². The van der Waals surface area contributed by atoms with Gasteiger partial charge in [-0.1, -0.05) is 103 Å². The average molecular weight is 466 g/mol. The second kappa shape index (κ2) is 9.32. The average Bonchev–Trinajstić information content (AvgIpc) is 3.25. The molecular weight excluding hydrogens is 438 g/mol. The van der Waals surface area contributed by atoms with Crippen molar-refractivity contribution in [2.75, 3.05) is 4.31 Å². The van der Waals surface area contributed by atoms with Crippen molar-refractivity contribution in [1.29, 1.82) is 0 Å². The van der Waals surface area contributed by atoms with Crippen molar-refractivity contribution in [3.63, 3.8) is 0 Å². The summed E-state index contributed by atoms with van der Waals surface area (Å²) in [5.41, 5.74) is 6.25. The van der Waals surface area contributed by atoms with Gasteiger partial charge in [-0.05, 0) is 60.2 Å². The van der Waals surface area contributed by atoms with Crippen LogP contribution < -0.4 is 4.31 Å². The predicted octanol–water partition coefficient (Wildman–Crippen LogP) is 6.64. The molecule has 4 aromatic rings. The van der Waals surface area contributed by atoms with Crippen molar-refractivity contribution < 1.29 is 8.42 Å². The van der Waals surface area contributed by atoms with Crippen molar-refractivity contribution in [1.82, 2.24) is 0 Å². The molecule has 1 atom stereocenters. The van der Waals surface area contributed by atoms with Crippen molar-refractivity contribution in [3.05, 3.63) is 138 Å². The maximum absolute atomic E-state index is 13.8. The van der Waals surface area contributed by atoms with Crippen LogP contribution in [0.4, 0.5) is 5.69 Å². The summed E-state index contributed by atoms with van der Waals surface area (Å²) >= 11 is 0. The Labute approximate surface area is 202 Å². The fourth-order valence-electron chi connectivity index (χ4n) is 4.65. The van der Waals surface area contributed by atoms with Gasteiger partial charge in [-0.2, -0.15) is 0 Å². The summed E-state index contributed by atoms with van der Waals surface area (Å²) in [7, 11) is -3.69. The molecule has 0 saturated carbocycles. The highest BCUT2D eigenvalue weighted by Gasteiger charge is 2.37. The van der Waals surface area contributed by atoms with Gasteiger partial charge in [0.25, 0.3) is 10.0 Å². The summed E-state index contributed by atoms with van der Waals surface area (Å²) in [5.74, 6) is 0. The molecule has 0 N–H and O–H groups in total. The van der Waals surface area contributed by atoms with Gasteiger partial charge in [0.05, 0.1) is 16.6 Å². The number of hydrogen-bond acceptors (Lipinski definition) is 2. The van der Waals surface area contributed by atoms with Gasteiger partial charge in [-0.3, -0.25) is 4.31 Å². The Bertz CT molecular complexity index is 1370. The molecule has 0 unspecified atom stereocenters. The summed E-state index contributed by atoms with van der Waals surface area (Å²) in [4.78, 5) is 0.329. The molecule has 0 aromatic heterocycles. The number of nitrogens with zero attached hydrogens (tertiary/aromatic N) is 1. The van der Waals surface area contributed by atoms with E-state index in [1.165, 1.54) is 0 Å². The lowest BCUT2D eigenvalue weighted by atomic mass is 9.95. The molecule has 0 bridgehead atoms. The number of rotatable bonds is 6. The van der Waals surface area contributed by atoms with Crippen LogP contribution in [0, 0.1) is 6.92 Å². The first-order valence-corrected chi connectivity index (χ1v) is 13.0. The normalized spacial score (nSPS) is 15.1. The SMILES string of the molecule is Cc1ccc(S(=O)(=O)N2c3ccccc3C[C@H]2CC=C(c2ccccc2)c2ccccc2)cc1. The van der Waals surface area contributed by atoms with Gasteiger partial charge in [0.1, 0.15) is 0 Å². The third-order valence-corrected chi connectivity index (χ3v) is 8.24. The van der Waals surface area contributed by atoms with Gasteiger partial charge in [0.15, 0.2) is 0 Å². The van der Waals surface area contributed by atoms with Crippen LogP contribution >= 0.6 is 0 Å². The van der Waals surface area contributed by atoms with E-state index in [0.29, 0.717) is 17.7 Å². The highest BCUT2D eigenvalue weighted by Crippen LogP contribution is 2.38. The van der Waals surface area contributed by atoms with Gasteiger partial charge < -0.3 is 0 Å². The third-order valence-electron chi connectivity index (χ3n) is 6.36. The monoisotopic (exact) mass is 465 g/mol. The van der Waals surface area contributed by atoms with E-state index in [1.807, 2.05) is 79.7 Å². The number of hydrogen-bond donors (Lipinski definition) is 0. The molecular formula is C30H27NO2S. The molecule has 34 heavy (non-hydrogen) atoms. The highest BCUT2D eigenvalue weighted by atomic mass is 32.2. The Kier molecular flexibility index (Phi) is 6.08. The van der Waals surface area contributed by atoms with Gasteiger partial charge in [0.2, 0.25) is 0 Å². The number of para-hydroxylation sites is 1. The van der Waals surface area contributed by atoms with Crippen LogP contribution in [0.2, 0.25) is 0 Å². The Hall–Kier alpha value is -3.63. The van der Waals surface area contributed by atoms with Gasteiger partial charge in [-0.15, -0.1) is 0 Å². The van der Waals surface area contributed by atoms with Crippen LogP contribution in [0.15, 0.2) is 120 Å². The second-order valence-electron chi connectivity index (χ2n) is 8.69. The van der Waals surface area contributed by atoms with Crippen molar-refractivity contribution in [2.24, 2.45) is 0 Å². The molecule has 1 aliphatic rings. The number of benzene rings is 4. The standard InChI is InChI=1S/C30H27NO2S/c1-23-16-19-28(20-17-23)34(32,33)31-27(22-26-14-8-9-15-30(26)31)18-21-29(24-10-4-2-5-11-24)25-12-6-3-7-13-25/h2-17,19-21,27H,18,22H2,1H3/t27-/m1/s1. The van der Waals surface area contributed by atoms with Gasteiger partial charge in [0, 0.05) is 0 Å². The third kappa shape index (κ3) is 4.29. The Balaban J connectivity index is 1.55. The minimum absolute atomic E-state index is 0.189. The minimum Gasteiger partial charge on any atom is -0.262 e. The fraction of sp³-hybridized carbons (Fsp3) is 0.133. The van der Waals surface area contributed by atoms with Crippen molar-refractivity contribution in [2.45, 2.75) is 30.7 Å². The Morgan fingerprint density at radius 3 is 1.97 bits per heavy atom. The highest BCUT2D eigenvalue weighted by molar-refractivity contribution is 7.92. The lowest BCUT2D eigenvalue weighted by molar-refractivity contribution is 0.579. The second-order valence-corrected chi connectivity index (χ2v) is 10.5. The number of fused-ring (bicyclic) bond motifs is 1. The van der Waals surface area contributed by atoms with Crippen LogP contribution in [0.25, 0.3) is 5.57 Å². The summed E-state index contributed by atoms with van der Waals surface area (Å²) in [6, 6.07) is 35.3. The molecule has 170 valence electrons. The molecule has 0 aliphatic carbocycles. The van der Waals surface area contributed by atoms with E-state index >= 15 is 0 Å². The molecule has 1 heterocycles. The van der Waals surface area contributed by atoms with Crippen molar-refractivity contribution in [3.8, 4) is 0 Å². The quantitative estimate of drug-likeness (QED) is 0.320. The molecule has 3 nitrogen and oxygen atoms in total. The zero-order chi connectivity index (χ0) is 23.5. The summed E-state index contributed by atoms with van der Waals surface area (Å²) in [6.45, 7) is 1.96. The lowest BCUT2D eigenvalue weighted by Crippen LogP contribution is -2.37. The molecule has 0 fully saturated rings. The predicted molar refractivity (Wildman–Crippen MR) is 139 cm³/mol. The first kappa shape index (κ1) is 22.2. The van der Waals surface area contributed by atoms with E-state index < -0.39 is 10.0 Å². The smallest absolute Gasteiger partial charge is 0.262 e. The molecule has 0 spiro atoms.